The molecule has 0 spiro atoms. The summed E-state index contributed by atoms with van der Waals surface area (Å²) in [6, 6.07) is 8.29. The molecule has 1 aromatic carbocycles. The number of rotatable bonds is 8. The van der Waals surface area contributed by atoms with Crippen LogP contribution in [0.15, 0.2) is 24.3 Å². The van der Waals surface area contributed by atoms with E-state index in [0.29, 0.717) is 18.9 Å². The molecular formula is C17H24N4O2. The van der Waals surface area contributed by atoms with Gasteiger partial charge in [-0.15, -0.1) is 0 Å². The van der Waals surface area contributed by atoms with Crippen LogP contribution in [0.2, 0.25) is 0 Å². The van der Waals surface area contributed by atoms with Gasteiger partial charge in [0.05, 0.1) is 6.61 Å². The van der Waals surface area contributed by atoms with E-state index < -0.39 is 0 Å². The minimum atomic E-state index is -0.123. The van der Waals surface area contributed by atoms with Crippen LogP contribution >= 0.6 is 0 Å². The first kappa shape index (κ1) is 17.0. The van der Waals surface area contributed by atoms with Crippen molar-refractivity contribution < 1.29 is 9.53 Å². The highest BCUT2D eigenvalue weighted by Gasteiger charge is 2.08. The quantitative estimate of drug-likeness (QED) is 0.730. The van der Waals surface area contributed by atoms with Crippen LogP contribution in [0.5, 0.6) is 0 Å². The van der Waals surface area contributed by atoms with Gasteiger partial charge in [0.1, 0.15) is 5.82 Å². The zero-order chi connectivity index (χ0) is 16.7. The predicted octanol–water partition coefficient (Wildman–Crippen LogP) is 3.31. The normalized spacial score (nSPS) is 12.0. The van der Waals surface area contributed by atoms with E-state index in [1.165, 1.54) is 0 Å². The highest BCUT2D eigenvalue weighted by atomic mass is 16.5. The molecule has 0 amide bonds. The Morgan fingerprint density at radius 1 is 1.43 bits per heavy atom. The zero-order valence-electron chi connectivity index (χ0n) is 13.9. The fourth-order valence-corrected chi connectivity index (χ4v) is 2.36. The van der Waals surface area contributed by atoms with Gasteiger partial charge >= 0.3 is 5.97 Å². The molecule has 1 aromatic heterocycles. The van der Waals surface area contributed by atoms with Gasteiger partial charge in [0.2, 0.25) is 0 Å². The summed E-state index contributed by atoms with van der Waals surface area (Å²) < 4.78 is 4.93. The molecule has 0 fully saturated rings. The lowest BCUT2D eigenvalue weighted by Crippen LogP contribution is -2.15. The number of aryl methyl sites for hydroxylation is 1. The lowest BCUT2D eigenvalue weighted by atomic mass is 10.1. The van der Waals surface area contributed by atoms with Crippen LogP contribution < -0.4 is 5.32 Å². The number of aromatic nitrogens is 3. The van der Waals surface area contributed by atoms with Gasteiger partial charge in [0, 0.05) is 23.7 Å². The van der Waals surface area contributed by atoms with E-state index in [4.69, 9.17) is 4.74 Å². The minimum absolute atomic E-state index is 0.123. The van der Waals surface area contributed by atoms with Gasteiger partial charge in [-0.1, -0.05) is 12.1 Å². The van der Waals surface area contributed by atoms with Crippen LogP contribution in [0, 0.1) is 6.92 Å². The van der Waals surface area contributed by atoms with Crippen LogP contribution in [0.25, 0.3) is 11.4 Å². The minimum Gasteiger partial charge on any atom is -0.466 e. The number of nitrogens with zero attached hydrogens (tertiary/aromatic N) is 2. The number of anilines is 1. The van der Waals surface area contributed by atoms with Gasteiger partial charge in [-0.25, -0.2) is 4.98 Å². The Balaban J connectivity index is 1.86. The maximum Gasteiger partial charge on any atom is 0.305 e. The Labute approximate surface area is 136 Å². The number of nitrogens with one attached hydrogen (secondary N) is 2. The lowest BCUT2D eigenvalue weighted by molar-refractivity contribution is -0.143. The van der Waals surface area contributed by atoms with Crippen molar-refractivity contribution in [3.63, 3.8) is 0 Å². The number of ether oxygens (including phenoxy) is 1. The molecule has 1 atom stereocenters. The van der Waals surface area contributed by atoms with Gasteiger partial charge in [-0.05, 0) is 45.7 Å². The Morgan fingerprint density at radius 3 is 2.96 bits per heavy atom. The Hall–Kier alpha value is -2.37. The first-order valence-electron chi connectivity index (χ1n) is 8.00. The number of hydrogen-bond acceptors (Lipinski definition) is 5. The molecular weight excluding hydrogens is 292 g/mol. The van der Waals surface area contributed by atoms with E-state index in [0.717, 1.165) is 29.9 Å². The summed E-state index contributed by atoms with van der Waals surface area (Å²) in [4.78, 5) is 15.7. The van der Waals surface area contributed by atoms with Crippen molar-refractivity contribution in [2.45, 2.75) is 46.1 Å². The number of carbonyl (C=O) groups excluding carboxylic acids is 1. The molecule has 0 bridgehead atoms. The van der Waals surface area contributed by atoms with Gasteiger partial charge in [-0.3, -0.25) is 9.89 Å². The van der Waals surface area contributed by atoms with Gasteiger partial charge in [0.25, 0.3) is 0 Å². The summed E-state index contributed by atoms with van der Waals surface area (Å²) in [5.41, 5.74) is 1.99. The van der Waals surface area contributed by atoms with Crippen molar-refractivity contribution in [3.05, 3.63) is 30.1 Å². The fraction of sp³-hybridized carbons (Fsp3) is 0.471. The molecule has 0 saturated carbocycles. The largest absolute Gasteiger partial charge is 0.466 e. The maximum atomic E-state index is 11.3. The molecule has 0 unspecified atom stereocenters. The summed E-state index contributed by atoms with van der Waals surface area (Å²) in [5.74, 6) is 1.37. The molecule has 6 nitrogen and oxygen atoms in total. The highest BCUT2D eigenvalue weighted by molar-refractivity contribution is 5.69. The molecule has 23 heavy (non-hydrogen) atoms. The van der Waals surface area contributed by atoms with Gasteiger partial charge < -0.3 is 10.1 Å². The van der Waals surface area contributed by atoms with Crippen molar-refractivity contribution in [3.8, 4) is 11.4 Å². The second-order valence-electron chi connectivity index (χ2n) is 5.57. The molecule has 0 aliphatic heterocycles. The standard InChI is InChI=1S/C17H24N4O2/c1-4-23-16(22)10-5-7-12(2)18-15-9-6-8-14(11-15)17-19-13(3)20-21-17/h6,8-9,11-12,18H,4-5,7,10H2,1-3H3,(H,19,20,21)/t12-/m1/s1. The lowest BCUT2D eigenvalue weighted by Gasteiger charge is -2.15. The zero-order valence-corrected chi connectivity index (χ0v) is 13.9. The van der Waals surface area contributed by atoms with Crippen LogP contribution in [0.3, 0.4) is 0 Å². The first-order chi connectivity index (χ1) is 11.1. The molecule has 2 aromatic rings. The highest BCUT2D eigenvalue weighted by Crippen LogP contribution is 2.20. The van der Waals surface area contributed by atoms with E-state index in [9.17, 15) is 4.79 Å². The molecule has 0 aliphatic carbocycles. The van der Waals surface area contributed by atoms with Crippen LogP contribution in [-0.2, 0) is 9.53 Å². The van der Waals surface area contributed by atoms with Gasteiger partial charge in [0.15, 0.2) is 5.82 Å². The number of esters is 1. The van der Waals surface area contributed by atoms with E-state index in [-0.39, 0.29) is 12.0 Å². The smallest absolute Gasteiger partial charge is 0.305 e. The number of aromatic amines is 1. The van der Waals surface area contributed by atoms with Crippen molar-refractivity contribution in [1.82, 2.24) is 15.2 Å². The van der Waals surface area contributed by atoms with Crippen LogP contribution in [-0.4, -0.2) is 33.8 Å². The van der Waals surface area contributed by atoms with E-state index >= 15 is 0 Å². The van der Waals surface area contributed by atoms with Crippen molar-refractivity contribution in [1.29, 1.82) is 0 Å². The molecule has 6 heteroatoms. The molecule has 0 radical (unpaired) electrons. The second-order valence-corrected chi connectivity index (χ2v) is 5.57. The Bertz CT molecular complexity index is 639. The third-order valence-electron chi connectivity index (χ3n) is 3.45. The maximum absolute atomic E-state index is 11.3. The number of H-pyrrole nitrogens is 1. The van der Waals surface area contributed by atoms with Crippen molar-refractivity contribution in [2.24, 2.45) is 0 Å². The number of benzene rings is 1. The molecule has 124 valence electrons. The van der Waals surface area contributed by atoms with E-state index in [2.05, 4.69) is 27.4 Å². The van der Waals surface area contributed by atoms with Crippen molar-refractivity contribution >= 4 is 11.7 Å². The average Bonchev–Trinajstić information content (AvgIpc) is 2.94. The molecule has 2 N–H and O–H groups in total. The third-order valence-corrected chi connectivity index (χ3v) is 3.45. The first-order valence-corrected chi connectivity index (χ1v) is 8.00. The average molecular weight is 316 g/mol. The van der Waals surface area contributed by atoms with E-state index in [1.807, 2.05) is 38.1 Å². The monoisotopic (exact) mass is 316 g/mol. The molecule has 1 heterocycles. The predicted molar refractivity (Wildman–Crippen MR) is 90.1 cm³/mol. The summed E-state index contributed by atoms with van der Waals surface area (Å²) in [5, 5.41) is 10.5. The summed E-state index contributed by atoms with van der Waals surface area (Å²) >= 11 is 0. The summed E-state index contributed by atoms with van der Waals surface area (Å²) in [7, 11) is 0. The molecule has 0 aliphatic rings. The fourth-order valence-electron chi connectivity index (χ4n) is 2.36. The third kappa shape index (κ3) is 5.39. The number of carbonyl (C=O) groups is 1. The number of hydrogen-bond donors (Lipinski definition) is 2. The molecule has 2 rings (SSSR count). The van der Waals surface area contributed by atoms with Crippen LogP contribution in [0.4, 0.5) is 5.69 Å². The second kappa shape index (κ2) is 8.31. The summed E-state index contributed by atoms with van der Waals surface area (Å²) in [6.07, 6.45) is 2.19. The van der Waals surface area contributed by atoms with Gasteiger partial charge in [-0.2, -0.15) is 5.10 Å². The summed E-state index contributed by atoms with van der Waals surface area (Å²) in [6.45, 7) is 6.25. The topological polar surface area (TPSA) is 79.9 Å². The van der Waals surface area contributed by atoms with Crippen LogP contribution in [0.1, 0.15) is 38.9 Å². The van der Waals surface area contributed by atoms with Crippen molar-refractivity contribution in [2.75, 3.05) is 11.9 Å². The van der Waals surface area contributed by atoms with E-state index in [1.54, 1.807) is 0 Å². The SMILES string of the molecule is CCOC(=O)CCC[C@@H](C)Nc1cccc(-c2n[nH]c(C)n2)c1. The Morgan fingerprint density at radius 2 is 2.26 bits per heavy atom. The Kier molecular flexibility index (Phi) is 6.14. The molecule has 0 saturated heterocycles.